The van der Waals surface area contributed by atoms with Gasteiger partial charge in [0.2, 0.25) is 0 Å². The largest absolute Gasteiger partial charge is 0.481 e. The second-order valence-electron chi connectivity index (χ2n) is 6.36. The van der Waals surface area contributed by atoms with E-state index in [-0.39, 0.29) is 24.0 Å². The molecule has 2 aliphatic heterocycles. The summed E-state index contributed by atoms with van der Waals surface area (Å²) in [6.07, 6.45) is 4.78. The second-order valence-corrected chi connectivity index (χ2v) is 6.36. The van der Waals surface area contributed by atoms with Crippen LogP contribution in [-0.2, 0) is 4.79 Å². The van der Waals surface area contributed by atoms with E-state index >= 15 is 0 Å². The number of hydrogen-bond acceptors (Lipinski definition) is 2. The maximum Gasteiger partial charge on any atom is 0.317 e. The first-order valence-electron chi connectivity index (χ1n) is 6.79. The van der Waals surface area contributed by atoms with E-state index < -0.39 is 5.97 Å². The normalized spacial score (nSPS) is 35.6. The maximum absolute atomic E-state index is 12.2. The quantitative estimate of drug-likeness (QED) is 0.798. The Kier molecular flexibility index (Phi) is 2.54. The van der Waals surface area contributed by atoms with Crippen LogP contribution in [-0.4, -0.2) is 40.6 Å². The predicted octanol–water partition coefficient (Wildman–Crippen LogP) is 1.43. The third-order valence-corrected chi connectivity index (χ3v) is 4.86. The van der Waals surface area contributed by atoms with E-state index in [1.54, 1.807) is 4.90 Å². The molecule has 0 spiro atoms. The lowest BCUT2D eigenvalue weighted by atomic mass is 9.89. The molecule has 0 aromatic heterocycles. The van der Waals surface area contributed by atoms with Gasteiger partial charge in [0.05, 0.1) is 5.92 Å². The zero-order chi connectivity index (χ0) is 12.9. The molecule has 100 valence electrons. The molecule has 0 radical (unpaired) electrons. The second kappa shape index (κ2) is 3.87. The lowest BCUT2D eigenvalue weighted by molar-refractivity contribution is -0.142. The van der Waals surface area contributed by atoms with Gasteiger partial charge in [-0.15, -0.1) is 0 Å². The molecule has 3 aliphatic rings. The Labute approximate surface area is 107 Å². The minimum atomic E-state index is -0.755. The van der Waals surface area contributed by atoms with Crippen molar-refractivity contribution in [3.8, 4) is 0 Å². The minimum Gasteiger partial charge on any atom is -0.481 e. The maximum atomic E-state index is 12.2. The summed E-state index contributed by atoms with van der Waals surface area (Å²) in [7, 11) is 0. The van der Waals surface area contributed by atoms with Gasteiger partial charge in [-0.1, -0.05) is 6.92 Å². The Morgan fingerprint density at radius 2 is 2.11 bits per heavy atom. The third kappa shape index (κ3) is 1.85. The van der Waals surface area contributed by atoms with Crippen molar-refractivity contribution < 1.29 is 14.7 Å². The van der Waals surface area contributed by atoms with Crippen molar-refractivity contribution in [2.75, 3.05) is 6.54 Å². The first kappa shape index (κ1) is 11.8. The fraction of sp³-hybridized carbons (Fsp3) is 0.846. The van der Waals surface area contributed by atoms with Crippen molar-refractivity contribution in [3.05, 3.63) is 0 Å². The smallest absolute Gasteiger partial charge is 0.317 e. The standard InChI is InChI=1S/C13H20N2O3/c1-13(4-5-13)7-14-12(18)15-8-2-3-10(15)9(6-8)11(16)17/h8-10H,2-7H2,1H3,(H,14,18)(H,16,17). The molecular weight excluding hydrogens is 232 g/mol. The van der Waals surface area contributed by atoms with Gasteiger partial charge in [0, 0.05) is 18.6 Å². The number of fused-ring (bicyclic) bond motifs is 2. The zero-order valence-electron chi connectivity index (χ0n) is 10.7. The molecule has 2 N–H and O–H groups in total. The van der Waals surface area contributed by atoms with Gasteiger partial charge in [-0.2, -0.15) is 0 Å². The van der Waals surface area contributed by atoms with E-state index in [4.69, 9.17) is 5.11 Å². The first-order chi connectivity index (χ1) is 8.50. The number of hydrogen-bond donors (Lipinski definition) is 2. The average molecular weight is 252 g/mol. The van der Waals surface area contributed by atoms with Gasteiger partial charge in [0.25, 0.3) is 0 Å². The lowest BCUT2D eigenvalue weighted by Crippen LogP contribution is -2.45. The van der Waals surface area contributed by atoms with Gasteiger partial charge in [-0.25, -0.2) is 4.79 Å². The van der Waals surface area contributed by atoms with E-state index in [1.807, 2.05) is 0 Å². The minimum absolute atomic E-state index is 0.0561. The molecule has 1 aliphatic carbocycles. The molecule has 3 fully saturated rings. The number of rotatable bonds is 3. The highest BCUT2D eigenvalue weighted by atomic mass is 16.4. The molecule has 1 saturated carbocycles. The summed E-state index contributed by atoms with van der Waals surface area (Å²) in [4.78, 5) is 25.1. The summed E-state index contributed by atoms with van der Waals surface area (Å²) in [6, 6.07) is 0.00185. The van der Waals surface area contributed by atoms with Gasteiger partial charge in [0.15, 0.2) is 0 Å². The topological polar surface area (TPSA) is 69.6 Å². The van der Waals surface area contributed by atoms with Crippen molar-refractivity contribution in [3.63, 3.8) is 0 Å². The Morgan fingerprint density at radius 1 is 1.39 bits per heavy atom. The number of urea groups is 1. The number of carbonyl (C=O) groups excluding carboxylic acids is 1. The molecule has 3 atom stereocenters. The van der Waals surface area contributed by atoms with E-state index in [9.17, 15) is 9.59 Å². The van der Waals surface area contributed by atoms with Crippen molar-refractivity contribution in [1.29, 1.82) is 0 Å². The molecule has 2 amide bonds. The van der Waals surface area contributed by atoms with Gasteiger partial charge >= 0.3 is 12.0 Å². The lowest BCUT2D eigenvalue weighted by Gasteiger charge is -2.24. The summed E-state index contributed by atoms with van der Waals surface area (Å²) < 4.78 is 0. The zero-order valence-corrected chi connectivity index (χ0v) is 10.7. The van der Waals surface area contributed by atoms with Crippen LogP contribution in [0.1, 0.15) is 39.0 Å². The van der Waals surface area contributed by atoms with Crippen molar-refractivity contribution in [1.82, 2.24) is 10.2 Å². The number of amides is 2. The molecule has 18 heavy (non-hydrogen) atoms. The van der Waals surface area contributed by atoms with E-state index in [2.05, 4.69) is 12.2 Å². The van der Waals surface area contributed by atoms with Crippen LogP contribution >= 0.6 is 0 Å². The highest BCUT2D eigenvalue weighted by Gasteiger charge is 2.51. The van der Waals surface area contributed by atoms with Crippen LogP contribution in [0, 0.1) is 11.3 Å². The molecule has 0 aromatic rings. The van der Waals surface area contributed by atoms with Gasteiger partial charge in [0.1, 0.15) is 0 Å². The summed E-state index contributed by atoms with van der Waals surface area (Å²) in [5, 5.41) is 12.1. The Balaban J connectivity index is 1.62. The van der Waals surface area contributed by atoms with Crippen LogP contribution < -0.4 is 5.32 Å². The van der Waals surface area contributed by atoms with E-state index in [0.717, 1.165) is 19.4 Å². The summed E-state index contributed by atoms with van der Waals surface area (Å²) >= 11 is 0. The van der Waals surface area contributed by atoms with Crippen LogP contribution in [0.2, 0.25) is 0 Å². The molecule has 2 bridgehead atoms. The van der Waals surface area contributed by atoms with Crippen LogP contribution in [0.25, 0.3) is 0 Å². The predicted molar refractivity (Wildman–Crippen MR) is 65.1 cm³/mol. The average Bonchev–Trinajstić information content (AvgIpc) is 2.81. The molecule has 5 heteroatoms. The summed E-state index contributed by atoms with van der Waals surface area (Å²) in [5.41, 5.74) is 0.292. The Hall–Kier alpha value is -1.26. The van der Waals surface area contributed by atoms with Crippen molar-refractivity contribution >= 4 is 12.0 Å². The Bertz CT molecular complexity index is 392. The molecule has 0 aromatic carbocycles. The summed E-state index contributed by atoms with van der Waals surface area (Å²) in [5.74, 6) is -1.11. The molecular formula is C13H20N2O3. The van der Waals surface area contributed by atoms with Crippen molar-refractivity contribution in [2.45, 2.75) is 51.1 Å². The fourth-order valence-corrected chi connectivity index (χ4v) is 3.34. The highest BCUT2D eigenvalue weighted by Crippen LogP contribution is 2.45. The number of carboxylic acids is 1. The molecule has 5 nitrogen and oxygen atoms in total. The Morgan fingerprint density at radius 3 is 2.67 bits per heavy atom. The number of aliphatic carboxylic acids is 1. The number of carboxylic acid groups (broad SMARTS) is 1. The van der Waals surface area contributed by atoms with Crippen LogP contribution in [0.5, 0.6) is 0 Å². The number of carbonyl (C=O) groups is 2. The van der Waals surface area contributed by atoms with E-state index in [1.165, 1.54) is 12.8 Å². The van der Waals surface area contributed by atoms with Crippen LogP contribution in [0.15, 0.2) is 0 Å². The van der Waals surface area contributed by atoms with Crippen LogP contribution in [0.3, 0.4) is 0 Å². The first-order valence-corrected chi connectivity index (χ1v) is 6.79. The SMILES string of the molecule is CC1(CNC(=O)N2C3CCC2C(C(=O)O)C3)CC1. The van der Waals surface area contributed by atoms with Crippen LogP contribution in [0.4, 0.5) is 4.79 Å². The van der Waals surface area contributed by atoms with Crippen molar-refractivity contribution in [2.24, 2.45) is 11.3 Å². The molecule has 2 saturated heterocycles. The molecule has 3 rings (SSSR count). The highest BCUT2D eigenvalue weighted by molar-refractivity contribution is 5.79. The molecule has 2 heterocycles. The summed E-state index contributed by atoms with van der Waals surface area (Å²) in [6.45, 7) is 2.89. The third-order valence-electron chi connectivity index (χ3n) is 4.86. The van der Waals surface area contributed by atoms with Gasteiger partial charge in [-0.3, -0.25) is 4.79 Å². The van der Waals surface area contributed by atoms with Gasteiger partial charge < -0.3 is 15.3 Å². The molecule has 3 unspecified atom stereocenters. The van der Waals surface area contributed by atoms with Gasteiger partial charge in [-0.05, 0) is 37.5 Å². The van der Waals surface area contributed by atoms with E-state index in [0.29, 0.717) is 11.8 Å². The number of nitrogens with one attached hydrogen (secondary N) is 1. The fourth-order valence-electron chi connectivity index (χ4n) is 3.34. The monoisotopic (exact) mass is 252 g/mol. The number of nitrogens with zero attached hydrogens (tertiary/aromatic N) is 1.